The van der Waals surface area contributed by atoms with Crippen LogP contribution >= 0.6 is 22.9 Å². The van der Waals surface area contributed by atoms with E-state index in [1.165, 1.54) is 29.5 Å². The Hall–Kier alpha value is -2.88. The van der Waals surface area contributed by atoms with Gasteiger partial charge in [-0.1, -0.05) is 29.3 Å². The Morgan fingerprint density at radius 3 is 2.56 bits per heavy atom. The van der Waals surface area contributed by atoms with Gasteiger partial charge in [0, 0.05) is 10.4 Å². The van der Waals surface area contributed by atoms with E-state index >= 15 is 0 Å². The van der Waals surface area contributed by atoms with Gasteiger partial charge in [-0.2, -0.15) is 0 Å². The lowest BCUT2D eigenvalue weighted by molar-refractivity contribution is 0.0526. The van der Waals surface area contributed by atoms with E-state index in [9.17, 15) is 18.0 Å². The Bertz CT molecular complexity index is 1450. The molecule has 190 valence electrons. The highest BCUT2D eigenvalue weighted by molar-refractivity contribution is 7.92. The van der Waals surface area contributed by atoms with Crippen LogP contribution in [0.25, 0.3) is 0 Å². The lowest BCUT2D eigenvalue weighted by Gasteiger charge is -2.14. The molecule has 0 unspecified atom stereocenters. The van der Waals surface area contributed by atoms with E-state index in [1.807, 2.05) is 13.0 Å². The first-order valence-electron chi connectivity index (χ1n) is 11.6. The van der Waals surface area contributed by atoms with Gasteiger partial charge in [0.05, 0.1) is 22.9 Å². The third kappa shape index (κ3) is 5.43. The Kier molecular flexibility index (Phi) is 7.73. The molecule has 0 radical (unpaired) electrons. The molecule has 36 heavy (non-hydrogen) atoms. The van der Waals surface area contributed by atoms with Gasteiger partial charge in [-0.3, -0.25) is 9.52 Å². The maximum atomic E-state index is 13.2. The smallest absolute Gasteiger partial charge is 0.341 e. The van der Waals surface area contributed by atoms with Gasteiger partial charge in [0.2, 0.25) is 0 Å². The third-order valence-corrected chi connectivity index (χ3v) is 9.04. The van der Waals surface area contributed by atoms with Crippen molar-refractivity contribution in [3.8, 4) is 0 Å². The van der Waals surface area contributed by atoms with E-state index in [0.29, 0.717) is 16.3 Å². The number of benzene rings is 2. The number of carbonyl (C=O) groups excluding carboxylic acids is 2. The second kappa shape index (κ2) is 10.6. The number of anilines is 2. The maximum absolute atomic E-state index is 13.2. The van der Waals surface area contributed by atoms with Crippen LogP contribution in [-0.2, 0) is 27.6 Å². The summed E-state index contributed by atoms with van der Waals surface area (Å²) in [7, 11) is -4.07. The predicted octanol–water partition coefficient (Wildman–Crippen LogP) is 6.13. The van der Waals surface area contributed by atoms with E-state index in [4.69, 9.17) is 16.3 Å². The second-order valence-electron chi connectivity index (χ2n) is 8.66. The lowest BCUT2D eigenvalue weighted by Crippen LogP contribution is -2.18. The summed E-state index contributed by atoms with van der Waals surface area (Å²) < 4.78 is 34.1. The minimum atomic E-state index is -4.07. The number of hydrogen-bond acceptors (Lipinski definition) is 6. The van der Waals surface area contributed by atoms with Gasteiger partial charge in [0.15, 0.2) is 0 Å². The molecule has 3 aromatic rings. The molecule has 0 fully saturated rings. The fraction of sp³-hybridized carbons (Fsp3) is 0.308. The van der Waals surface area contributed by atoms with Crippen molar-refractivity contribution < 1.29 is 22.7 Å². The monoisotopic (exact) mass is 546 g/mol. The standard InChI is InChI=1S/C26H27ClN2O5S2/c1-4-34-26(31)23-18-7-5-6-8-21(18)35-25(23)28-24(30)17-10-11-19(27)22(14-17)36(32,33)29-20-12-9-15(2)13-16(20)3/h9-14,29H,4-8H2,1-3H3,(H,28,30). The van der Waals surface area contributed by atoms with Crippen molar-refractivity contribution in [1.29, 1.82) is 0 Å². The largest absolute Gasteiger partial charge is 0.462 e. The molecule has 1 amide bonds. The molecule has 10 heteroatoms. The molecule has 0 spiro atoms. The van der Waals surface area contributed by atoms with Crippen molar-refractivity contribution in [2.75, 3.05) is 16.6 Å². The zero-order valence-corrected chi connectivity index (χ0v) is 22.6. The van der Waals surface area contributed by atoms with Crippen LogP contribution in [0.3, 0.4) is 0 Å². The molecular weight excluding hydrogens is 520 g/mol. The third-order valence-electron chi connectivity index (χ3n) is 5.99. The van der Waals surface area contributed by atoms with Crippen LogP contribution in [0.2, 0.25) is 5.02 Å². The number of esters is 1. The molecule has 1 heterocycles. The maximum Gasteiger partial charge on any atom is 0.341 e. The van der Waals surface area contributed by atoms with E-state index in [0.717, 1.165) is 47.3 Å². The summed E-state index contributed by atoms with van der Waals surface area (Å²) in [4.78, 5) is 26.7. The first-order chi connectivity index (χ1) is 17.1. The van der Waals surface area contributed by atoms with Crippen LogP contribution < -0.4 is 10.0 Å². The molecule has 2 N–H and O–H groups in total. The highest BCUT2D eigenvalue weighted by atomic mass is 35.5. The van der Waals surface area contributed by atoms with E-state index < -0.39 is 21.9 Å². The quantitative estimate of drug-likeness (QED) is 0.347. The van der Waals surface area contributed by atoms with Crippen molar-refractivity contribution in [2.45, 2.75) is 51.3 Å². The van der Waals surface area contributed by atoms with Gasteiger partial charge in [-0.05, 0) is 81.8 Å². The molecule has 7 nitrogen and oxygen atoms in total. The predicted molar refractivity (Wildman–Crippen MR) is 143 cm³/mol. The van der Waals surface area contributed by atoms with Gasteiger partial charge in [0.1, 0.15) is 9.90 Å². The van der Waals surface area contributed by atoms with Gasteiger partial charge in [0.25, 0.3) is 15.9 Å². The van der Waals surface area contributed by atoms with Crippen LogP contribution in [-0.4, -0.2) is 26.9 Å². The number of aryl methyl sites for hydroxylation is 3. The molecule has 1 aromatic heterocycles. The van der Waals surface area contributed by atoms with E-state index in [1.54, 1.807) is 26.0 Å². The summed E-state index contributed by atoms with van der Waals surface area (Å²) in [6.07, 6.45) is 3.59. The molecule has 0 aliphatic heterocycles. The van der Waals surface area contributed by atoms with Crippen LogP contribution in [0.15, 0.2) is 41.3 Å². The van der Waals surface area contributed by atoms with Crippen molar-refractivity contribution in [1.82, 2.24) is 0 Å². The van der Waals surface area contributed by atoms with Crippen molar-refractivity contribution in [3.63, 3.8) is 0 Å². The number of hydrogen-bond donors (Lipinski definition) is 2. The summed E-state index contributed by atoms with van der Waals surface area (Å²) >= 11 is 7.60. The minimum absolute atomic E-state index is 0.0115. The molecule has 1 aliphatic rings. The Balaban J connectivity index is 1.64. The zero-order chi connectivity index (χ0) is 26.0. The average molecular weight is 547 g/mol. The molecule has 1 aliphatic carbocycles. The van der Waals surface area contributed by atoms with Gasteiger partial charge in [-0.15, -0.1) is 11.3 Å². The second-order valence-corrected chi connectivity index (χ2v) is 11.8. The summed E-state index contributed by atoms with van der Waals surface area (Å²) in [5.74, 6) is -1.01. The number of halogens is 1. The minimum Gasteiger partial charge on any atom is -0.462 e. The molecule has 0 bridgehead atoms. The Morgan fingerprint density at radius 2 is 1.83 bits per heavy atom. The highest BCUT2D eigenvalue weighted by Gasteiger charge is 2.28. The van der Waals surface area contributed by atoms with Crippen molar-refractivity contribution >= 4 is 55.5 Å². The summed E-state index contributed by atoms with van der Waals surface area (Å²) in [5.41, 5.74) is 3.61. The summed E-state index contributed by atoms with van der Waals surface area (Å²) in [6, 6.07) is 9.41. The first kappa shape index (κ1) is 26.2. The van der Waals surface area contributed by atoms with Crippen molar-refractivity contribution in [2.24, 2.45) is 0 Å². The number of fused-ring (bicyclic) bond motifs is 1. The number of rotatable bonds is 7. The fourth-order valence-electron chi connectivity index (χ4n) is 4.23. The van der Waals surface area contributed by atoms with Gasteiger partial charge < -0.3 is 10.1 Å². The number of nitrogens with one attached hydrogen (secondary N) is 2. The number of sulfonamides is 1. The summed E-state index contributed by atoms with van der Waals surface area (Å²) in [5, 5.41) is 3.21. The lowest BCUT2D eigenvalue weighted by atomic mass is 9.95. The van der Waals surface area contributed by atoms with Gasteiger partial charge >= 0.3 is 5.97 Å². The average Bonchev–Trinajstić information content (AvgIpc) is 3.19. The number of thiophene rings is 1. The number of ether oxygens (including phenoxy) is 1. The number of amides is 1. The van der Waals surface area contributed by atoms with Crippen molar-refractivity contribution in [3.05, 3.63) is 74.1 Å². The molecule has 0 saturated carbocycles. The van der Waals surface area contributed by atoms with Crippen LogP contribution in [0.5, 0.6) is 0 Å². The van der Waals surface area contributed by atoms with Gasteiger partial charge in [-0.25, -0.2) is 13.2 Å². The number of carbonyl (C=O) groups is 2. The molecule has 4 rings (SSSR count). The van der Waals surface area contributed by atoms with Crippen LogP contribution in [0.1, 0.15) is 62.0 Å². The topological polar surface area (TPSA) is 102 Å². The zero-order valence-electron chi connectivity index (χ0n) is 20.2. The van der Waals surface area contributed by atoms with E-state index in [-0.39, 0.29) is 22.1 Å². The Labute approximate surface area is 219 Å². The molecule has 2 aromatic carbocycles. The summed E-state index contributed by atoms with van der Waals surface area (Å²) in [6.45, 7) is 5.68. The first-order valence-corrected chi connectivity index (χ1v) is 14.3. The van der Waals surface area contributed by atoms with Crippen LogP contribution in [0.4, 0.5) is 10.7 Å². The van der Waals surface area contributed by atoms with E-state index in [2.05, 4.69) is 10.0 Å². The molecule has 0 saturated heterocycles. The highest BCUT2D eigenvalue weighted by Crippen LogP contribution is 2.39. The molecule has 0 atom stereocenters. The normalized spacial score (nSPS) is 13.1. The molecular formula is C26H27ClN2O5S2. The fourth-order valence-corrected chi connectivity index (χ4v) is 7.16. The SMILES string of the molecule is CCOC(=O)c1c(NC(=O)c2ccc(Cl)c(S(=O)(=O)Nc3ccc(C)cc3C)c2)sc2c1CCCC2. The Morgan fingerprint density at radius 1 is 1.08 bits per heavy atom. The van der Waals surface area contributed by atoms with Crippen LogP contribution in [0, 0.1) is 13.8 Å².